The van der Waals surface area contributed by atoms with Crippen LogP contribution in [0.4, 0.5) is 4.79 Å². The molecule has 0 atom stereocenters. The molecule has 0 spiro atoms. The number of hydrogen-bond donors (Lipinski definition) is 0. The van der Waals surface area contributed by atoms with Crippen molar-refractivity contribution in [2.24, 2.45) is 0 Å². The summed E-state index contributed by atoms with van der Waals surface area (Å²) in [7, 11) is -2.03. The molecule has 1 aliphatic heterocycles. The monoisotopic (exact) mass is 312 g/mol. The van der Waals surface area contributed by atoms with Gasteiger partial charge in [-0.3, -0.25) is 0 Å². The van der Waals surface area contributed by atoms with E-state index in [1.54, 1.807) is 0 Å². The van der Waals surface area contributed by atoms with Crippen LogP contribution >= 0.6 is 0 Å². The average molecular weight is 312 g/mol. The number of methoxy groups -OCH3 is 1. The number of rotatable bonds is 3. The summed E-state index contributed by atoms with van der Waals surface area (Å²) in [5.74, 6) is -0.00704. The normalized spacial score (nSPS) is 16.8. The molecule has 1 saturated heterocycles. The Labute approximate surface area is 125 Å². The number of carbonyl (C=O) groups excluding carboxylic acids is 1. The lowest BCUT2D eigenvalue weighted by atomic mass is 10.2. The van der Waals surface area contributed by atoms with E-state index in [9.17, 15) is 13.2 Å². The first-order valence-electron chi connectivity index (χ1n) is 6.78. The molecule has 0 saturated carbocycles. The summed E-state index contributed by atoms with van der Waals surface area (Å²) < 4.78 is 30.9. The van der Waals surface area contributed by atoms with Gasteiger partial charge in [0.2, 0.25) is 10.0 Å². The highest BCUT2D eigenvalue weighted by Gasteiger charge is 2.29. The summed E-state index contributed by atoms with van der Waals surface area (Å²) in [6, 6.07) is 7.48. The molecule has 1 aromatic rings. The van der Waals surface area contributed by atoms with Gasteiger partial charge in [-0.1, -0.05) is 29.8 Å². The van der Waals surface area contributed by atoms with Crippen LogP contribution < -0.4 is 0 Å². The van der Waals surface area contributed by atoms with Gasteiger partial charge in [0.05, 0.1) is 12.9 Å². The molecule has 7 heteroatoms. The maximum absolute atomic E-state index is 12.4. The molecule has 0 aromatic heterocycles. The Morgan fingerprint density at radius 1 is 1.24 bits per heavy atom. The van der Waals surface area contributed by atoms with Gasteiger partial charge in [0, 0.05) is 26.2 Å². The van der Waals surface area contributed by atoms with Crippen molar-refractivity contribution in [1.29, 1.82) is 0 Å². The molecule has 0 bridgehead atoms. The highest BCUT2D eigenvalue weighted by Crippen LogP contribution is 2.15. The van der Waals surface area contributed by atoms with Crippen LogP contribution in [-0.4, -0.2) is 57.0 Å². The van der Waals surface area contributed by atoms with E-state index >= 15 is 0 Å². The van der Waals surface area contributed by atoms with Gasteiger partial charge in [-0.05, 0) is 12.5 Å². The van der Waals surface area contributed by atoms with Crippen LogP contribution in [0.2, 0.25) is 0 Å². The molecule has 1 aromatic carbocycles. The third-order valence-corrected chi connectivity index (χ3v) is 5.35. The molecule has 0 unspecified atom stereocenters. The smallest absolute Gasteiger partial charge is 0.409 e. The summed E-state index contributed by atoms with van der Waals surface area (Å²) in [6.07, 6.45) is -0.411. The second kappa shape index (κ2) is 6.44. The zero-order valence-electron chi connectivity index (χ0n) is 12.3. The second-order valence-corrected chi connectivity index (χ2v) is 7.07. The number of benzene rings is 1. The van der Waals surface area contributed by atoms with E-state index in [-0.39, 0.29) is 5.75 Å². The first-order valence-corrected chi connectivity index (χ1v) is 8.39. The van der Waals surface area contributed by atoms with Crippen LogP contribution in [0.5, 0.6) is 0 Å². The number of nitrogens with zero attached hydrogens (tertiary/aromatic N) is 2. The van der Waals surface area contributed by atoms with E-state index in [0.717, 1.165) is 11.1 Å². The quantitative estimate of drug-likeness (QED) is 0.841. The number of ether oxygens (including phenoxy) is 1. The Hall–Kier alpha value is -1.60. The van der Waals surface area contributed by atoms with Gasteiger partial charge in [0.15, 0.2) is 0 Å². The molecule has 0 radical (unpaired) electrons. The average Bonchev–Trinajstić information content (AvgIpc) is 2.46. The van der Waals surface area contributed by atoms with E-state index < -0.39 is 16.1 Å². The summed E-state index contributed by atoms with van der Waals surface area (Å²) in [4.78, 5) is 12.9. The minimum atomic E-state index is -3.35. The lowest BCUT2D eigenvalue weighted by molar-refractivity contribution is 0.108. The van der Waals surface area contributed by atoms with E-state index in [1.807, 2.05) is 31.2 Å². The molecular weight excluding hydrogens is 292 g/mol. The molecule has 0 aliphatic carbocycles. The summed E-state index contributed by atoms with van der Waals surface area (Å²) in [6.45, 7) is 3.27. The molecule has 2 rings (SSSR count). The van der Waals surface area contributed by atoms with Crippen LogP contribution in [0.25, 0.3) is 0 Å². The number of amides is 1. The second-order valence-electron chi connectivity index (χ2n) is 5.10. The summed E-state index contributed by atoms with van der Waals surface area (Å²) in [5, 5.41) is 0. The Balaban J connectivity index is 2.00. The third-order valence-electron chi connectivity index (χ3n) is 3.50. The number of carbonyl (C=O) groups is 1. The first-order chi connectivity index (χ1) is 9.92. The van der Waals surface area contributed by atoms with E-state index in [2.05, 4.69) is 4.74 Å². The third kappa shape index (κ3) is 3.95. The fourth-order valence-corrected chi connectivity index (χ4v) is 3.88. The highest BCUT2D eigenvalue weighted by atomic mass is 32.2. The van der Waals surface area contributed by atoms with Gasteiger partial charge in [-0.25, -0.2) is 13.2 Å². The predicted octanol–water partition coefficient (Wildman–Crippen LogP) is 1.21. The standard InChI is InChI=1S/C14H20N2O4S/c1-12-4-3-5-13(10-12)11-21(18,19)16-8-6-15(7-9-16)14(17)20-2/h3-5,10H,6-9,11H2,1-2H3. The van der Waals surface area contributed by atoms with Crippen molar-refractivity contribution in [3.05, 3.63) is 35.4 Å². The van der Waals surface area contributed by atoms with Crippen molar-refractivity contribution < 1.29 is 17.9 Å². The predicted molar refractivity (Wildman–Crippen MR) is 79.4 cm³/mol. The van der Waals surface area contributed by atoms with Crippen LogP contribution in [0.15, 0.2) is 24.3 Å². The van der Waals surface area contributed by atoms with Crippen molar-refractivity contribution >= 4 is 16.1 Å². The maximum Gasteiger partial charge on any atom is 0.409 e. The Kier molecular flexibility index (Phi) is 4.84. The van der Waals surface area contributed by atoms with E-state index in [1.165, 1.54) is 16.3 Å². The molecule has 6 nitrogen and oxygen atoms in total. The minimum absolute atomic E-state index is 0.00704. The molecule has 1 amide bonds. The topological polar surface area (TPSA) is 66.9 Å². The number of sulfonamides is 1. The van der Waals surface area contributed by atoms with E-state index in [0.29, 0.717) is 26.2 Å². The molecule has 116 valence electrons. The van der Waals surface area contributed by atoms with Crippen molar-refractivity contribution in [2.75, 3.05) is 33.3 Å². The Bertz CT molecular complexity index is 607. The van der Waals surface area contributed by atoms with Crippen LogP contribution in [-0.2, 0) is 20.5 Å². The van der Waals surface area contributed by atoms with Gasteiger partial charge in [-0.2, -0.15) is 4.31 Å². The zero-order chi connectivity index (χ0) is 15.5. The Morgan fingerprint density at radius 3 is 2.48 bits per heavy atom. The maximum atomic E-state index is 12.4. The molecule has 0 N–H and O–H groups in total. The minimum Gasteiger partial charge on any atom is -0.453 e. The molecule has 1 aliphatic rings. The SMILES string of the molecule is COC(=O)N1CCN(S(=O)(=O)Cc2cccc(C)c2)CC1. The van der Waals surface area contributed by atoms with Crippen LogP contribution in [0.3, 0.4) is 0 Å². The summed E-state index contributed by atoms with van der Waals surface area (Å²) in [5.41, 5.74) is 1.82. The lowest BCUT2D eigenvalue weighted by Crippen LogP contribution is -2.50. The number of piperazine rings is 1. The van der Waals surface area contributed by atoms with Crippen LogP contribution in [0, 0.1) is 6.92 Å². The Morgan fingerprint density at radius 2 is 1.90 bits per heavy atom. The van der Waals surface area contributed by atoms with Gasteiger partial charge >= 0.3 is 6.09 Å². The molecule has 1 fully saturated rings. The van der Waals surface area contributed by atoms with Crippen molar-refractivity contribution in [1.82, 2.24) is 9.21 Å². The fourth-order valence-electron chi connectivity index (χ4n) is 2.38. The number of aryl methyl sites for hydroxylation is 1. The van der Waals surface area contributed by atoms with Gasteiger partial charge in [0.1, 0.15) is 0 Å². The lowest BCUT2D eigenvalue weighted by Gasteiger charge is -2.33. The largest absolute Gasteiger partial charge is 0.453 e. The van der Waals surface area contributed by atoms with Crippen molar-refractivity contribution in [3.8, 4) is 0 Å². The van der Waals surface area contributed by atoms with Gasteiger partial charge in [-0.15, -0.1) is 0 Å². The van der Waals surface area contributed by atoms with Crippen LogP contribution in [0.1, 0.15) is 11.1 Å². The van der Waals surface area contributed by atoms with Crippen molar-refractivity contribution in [2.45, 2.75) is 12.7 Å². The molecule has 21 heavy (non-hydrogen) atoms. The first kappa shape index (κ1) is 15.8. The highest BCUT2D eigenvalue weighted by molar-refractivity contribution is 7.88. The summed E-state index contributed by atoms with van der Waals surface area (Å²) >= 11 is 0. The fraction of sp³-hybridized carbons (Fsp3) is 0.500. The van der Waals surface area contributed by atoms with Crippen molar-refractivity contribution in [3.63, 3.8) is 0 Å². The van der Waals surface area contributed by atoms with Gasteiger partial charge < -0.3 is 9.64 Å². The molecule has 1 heterocycles. The molecular formula is C14H20N2O4S. The zero-order valence-corrected chi connectivity index (χ0v) is 13.1. The van der Waals surface area contributed by atoms with E-state index in [4.69, 9.17) is 0 Å². The number of hydrogen-bond acceptors (Lipinski definition) is 4. The van der Waals surface area contributed by atoms with Gasteiger partial charge in [0.25, 0.3) is 0 Å².